The predicted octanol–water partition coefficient (Wildman–Crippen LogP) is 7.44. The second-order valence-electron chi connectivity index (χ2n) is 9.98. The van der Waals surface area contributed by atoms with Crippen LogP contribution in [0.15, 0.2) is 42.5 Å². The first-order valence-corrected chi connectivity index (χ1v) is 11.3. The van der Waals surface area contributed by atoms with Gasteiger partial charge in [-0.3, -0.25) is 0 Å². The van der Waals surface area contributed by atoms with Gasteiger partial charge in [-0.25, -0.2) is 0 Å². The number of unbranched alkanes of at least 4 members (excludes halogenated alkanes) is 1. The van der Waals surface area contributed by atoms with Crippen LogP contribution in [0.5, 0.6) is 0 Å². The standard InChI is InChI=1S/C28H32O2/c1-6-7-8-18-17-24(28(5)29-13-14-30-28)23-12-10-20-16-21(27(2,3)4)15-19-9-11-22(18)26(23)25(19)20/h9-12,15-17H,6-8,13-14H2,1-5H3. The minimum atomic E-state index is -0.667. The van der Waals surface area contributed by atoms with Crippen molar-refractivity contribution in [1.82, 2.24) is 0 Å². The maximum Gasteiger partial charge on any atom is 0.192 e. The van der Waals surface area contributed by atoms with E-state index in [1.807, 2.05) is 0 Å². The van der Waals surface area contributed by atoms with Crippen molar-refractivity contribution in [3.63, 3.8) is 0 Å². The van der Waals surface area contributed by atoms with Gasteiger partial charge in [0.2, 0.25) is 0 Å². The molecule has 2 nitrogen and oxygen atoms in total. The lowest BCUT2D eigenvalue weighted by Gasteiger charge is -2.27. The van der Waals surface area contributed by atoms with Crippen LogP contribution in [0.4, 0.5) is 0 Å². The number of hydrogen-bond acceptors (Lipinski definition) is 2. The average molecular weight is 401 g/mol. The smallest absolute Gasteiger partial charge is 0.192 e. The fraction of sp³-hybridized carbons (Fsp3) is 0.429. The summed E-state index contributed by atoms with van der Waals surface area (Å²) in [5.41, 5.74) is 4.09. The summed E-state index contributed by atoms with van der Waals surface area (Å²) in [6.07, 6.45) is 3.47. The van der Waals surface area contributed by atoms with Crippen LogP contribution >= 0.6 is 0 Å². The Hall–Kier alpha value is -2.16. The van der Waals surface area contributed by atoms with Crippen molar-refractivity contribution < 1.29 is 9.47 Å². The maximum atomic E-state index is 6.12. The third kappa shape index (κ3) is 3.01. The van der Waals surface area contributed by atoms with Crippen molar-refractivity contribution in [3.8, 4) is 0 Å². The second kappa shape index (κ2) is 6.93. The van der Waals surface area contributed by atoms with Crippen molar-refractivity contribution in [2.75, 3.05) is 13.2 Å². The van der Waals surface area contributed by atoms with Gasteiger partial charge in [0.25, 0.3) is 0 Å². The fourth-order valence-electron chi connectivity index (χ4n) is 5.04. The lowest BCUT2D eigenvalue weighted by molar-refractivity contribution is -0.148. The first-order chi connectivity index (χ1) is 14.3. The Morgan fingerprint density at radius 3 is 2.10 bits per heavy atom. The van der Waals surface area contributed by atoms with E-state index in [0.717, 1.165) is 6.42 Å². The molecule has 0 aromatic heterocycles. The highest BCUT2D eigenvalue weighted by atomic mass is 16.7. The van der Waals surface area contributed by atoms with Crippen molar-refractivity contribution in [2.24, 2.45) is 0 Å². The lowest BCUT2D eigenvalue weighted by atomic mass is 9.81. The highest BCUT2D eigenvalue weighted by molar-refractivity contribution is 6.24. The molecular formula is C28H32O2. The molecule has 1 heterocycles. The molecule has 1 aliphatic rings. The van der Waals surface area contributed by atoms with Crippen LogP contribution in [-0.2, 0) is 27.1 Å². The summed E-state index contributed by atoms with van der Waals surface area (Å²) >= 11 is 0. The molecule has 0 N–H and O–H groups in total. The van der Waals surface area contributed by atoms with Crippen LogP contribution < -0.4 is 0 Å². The van der Waals surface area contributed by atoms with E-state index in [4.69, 9.17) is 9.47 Å². The topological polar surface area (TPSA) is 18.5 Å². The molecule has 0 amide bonds. The largest absolute Gasteiger partial charge is 0.344 e. The van der Waals surface area contributed by atoms with E-state index in [9.17, 15) is 0 Å². The van der Waals surface area contributed by atoms with Crippen molar-refractivity contribution >= 4 is 32.3 Å². The molecule has 4 aromatic rings. The maximum absolute atomic E-state index is 6.12. The Morgan fingerprint density at radius 2 is 1.50 bits per heavy atom. The number of ether oxygens (including phenoxy) is 2. The summed E-state index contributed by atoms with van der Waals surface area (Å²) in [4.78, 5) is 0. The van der Waals surface area contributed by atoms with E-state index in [1.54, 1.807) is 0 Å². The molecular weight excluding hydrogens is 368 g/mol. The van der Waals surface area contributed by atoms with Crippen LogP contribution in [0.3, 0.4) is 0 Å². The number of benzene rings is 4. The van der Waals surface area contributed by atoms with Crippen molar-refractivity contribution in [1.29, 1.82) is 0 Å². The van der Waals surface area contributed by atoms with Gasteiger partial charge in [-0.2, -0.15) is 0 Å². The van der Waals surface area contributed by atoms with Crippen LogP contribution in [0.1, 0.15) is 64.2 Å². The highest BCUT2D eigenvalue weighted by Crippen LogP contribution is 2.44. The zero-order valence-electron chi connectivity index (χ0n) is 18.9. The van der Waals surface area contributed by atoms with Gasteiger partial charge in [0, 0.05) is 5.56 Å². The quantitative estimate of drug-likeness (QED) is 0.331. The molecule has 5 rings (SSSR count). The number of aryl methyl sites for hydroxylation is 1. The Labute approximate surface area is 179 Å². The monoisotopic (exact) mass is 400 g/mol. The Kier molecular flexibility index (Phi) is 4.57. The summed E-state index contributed by atoms with van der Waals surface area (Å²) < 4.78 is 12.2. The van der Waals surface area contributed by atoms with Gasteiger partial charge in [0.15, 0.2) is 5.79 Å². The minimum absolute atomic E-state index is 0.126. The molecule has 1 fully saturated rings. The number of hydrogen-bond donors (Lipinski definition) is 0. The number of rotatable bonds is 4. The van der Waals surface area contributed by atoms with E-state index >= 15 is 0 Å². The van der Waals surface area contributed by atoms with Gasteiger partial charge in [0.05, 0.1) is 13.2 Å². The van der Waals surface area contributed by atoms with Gasteiger partial charge in [-0.1, -0.05) is 70.5 Å². The van der Waals surface area contributed by atoms with E-state index in [1.165, 1.54) is 61.8 Å². The molecule has 1 aliphatic heterocycles. The molecule has 0 radical (unpaired) electrons. The van der Waals surface area contributed by atoms with Crippen LogP contribution in [0.2, 0.25) is 0 Å². The lowest BCUT2D eigenvalue weighted by Crippen LogP contribution is -2.23. The Bertz CT molecular complexity index is 1200. The molecule has 1 saturated heterocycles. The van der Waals surface area contributed by atoms with Crippen molar-refractivity contribution in [3.05, 3.63) is 59.2 Å². The van der Waals surface area contributed by atoms with E-state index < -0.39 is 5.79 Å². The fourth-order valence-corrected chi connectivity index (χ4v) is 5.04. The summed E-state index contributed by atoms with van der Waals surface area (Å²) in [7, 11) is 0. The van der Waals surface area contributed by atoms with E-state index in [0.29, 0.717) is 13.2 Å². The molecule has 156 valence electrons. The normalized spacial score (nSPS) is 17.0. The molecule has 0 atom stereocenters. The molecule has 2 heteroatoms. The molecule has 0 bridgehead atoms. The molecule has 0 saturated carbocycles. The predicted molar refractivity (Wildman–Crippen MR) is 127 cm³/mol. The zero-order valence-corrected chi connectivity index (χ0v) is 18.9. The Morgan fingerprint density at radius 1 is 0.867 bits per heavy atom. The Balaban J connectivity index is 1.88. The van der Waals surface area contributed by atoms with Gasteiger partial charge >= 0.3 is 0 Å². The van der Waals surface area contributed by atoms with Gasteiger partial charge in [-0.05, 0) is 74.7 Å². The highest BCUT2D eigenvalue weighted by Gasteiger charge is 2.35. The molecule has 4 aromatic carbocycles. The van der Waals surface area contributed by atoms with Gasteiger partial charge < -0.3 is 9.47 Å². The van der Waals surface area contributed by atoms with E-state index in [2.05, 4.69) is 77.1 Å². The van der Waals surface area contributed by atoms with Crippen LogP contribution in [0.25, 0.3) is 32.3 Å². The summed E-state index contributed by atoms with van der Waals surface area (Å²) in [6.45, 7) is 12.5. The summed E-state index contributed by atoms with van der Waals surface area (Å²) in [5.74, 6) is -0.667. The molecule has 0 spiro atoms. The third-order valence-electron chi connectivity index (χ3n) is 6.80. The van der Waals surface area contributed by atoms with Crippen LogP contribution in [0, 0.1) is 0 Å². The zero-order chi connectivity index (χ0) is 21.1. The first-order valence-electron chi connectivity index (χ1n) is 11.3. The summed E-state index contributed by atoms with van der Waals surface area (Å²) in [6, 6.07) is 16.3. The minimum Gasteiger partial charge on any atom is -0.344 e. The van der Waals surface area contributed by atoms with E-state index in [-0.39, 0.29) is 5.41 Å². The third-order valence-corrected chi connectivity index (χ3v) is 6.80. The summed E-state index contributed by atoms with van der Waals surface area (Å²) in [5, 5.41) is 8.04. The average Bonchev–Trinajstić information content (AvgIpc) is 3.17. The first kappa shape index (κ1) is 19.8. The molecule has 0 aliphatic carbocycles. The SMILES string of the molecule is CCCCc1cc(C2(C)OCCO2)c2ccc3cc(C(C)(C)C)cc4ccc1c2c43. The van der Waals surface area contributed by atoms with Gasteiger partial charge in [0.1, 0.15) is 0 Å². The molecule has 30 heavy (non-hydrogen) atoms. The molecule has 0 unspecified atom stereocenters. The van der Waals surface area contributed by atoms with Gasteiger partial charge in [-0.15, -0.1) is 0 Å². The van der Waals surface area contributed by atoms with Crippen LogP contribution in [-0.4, -0.2) is 13.2 Å². The second-order valence-corrected chi connectivity index (χ2v) is 9.98. The van der Waals surface area contributed by atoms with Crippen molar-refractivity contribution in [2.45, 2.75) is 65.1 Å².